The fraction of sp³-hybridized carbons (Fsp3) is 0.364. The van der Waals surface area contributed by atoms with E-state index in [1.165, 1.54) is 18.2 Å². The first kappa shape index (κ1) is 13.4. The molecule has 17 heavy (non-hydrogen) atoms. The van der Waals surface area contributed by atoms with Gasteiger partial charge in [0, 0.05) is 6.54 Å². The minimum atomic E-state index is -1.15. The van der Waals surface area contributed by atoms with Crippen molar-refractivity contribution >= 4 is 5.91 Å². The van der Waals surface area contributed by atoms with Crippen LogP contribution in [0.15, 0.2) is 18.2 Å². The molecule has 0 aliphatic heterocycles. The zero-order valence-electron chi connectivity index (χ0n) is 9.42. The molecule has 1 rings (SSSR count). The first-order valence-electron chi connectivity index (χ1n) is 5.10. The number of aromatic hydroxyl groups is 1. The molecule has 0 aliphatic carbocycles. The summed E-state index contributed by atoms with van der Waals surface area (Å²) in [6, 6.07) is 3.94. The molecule has 0 aromatic heterocycles. The summed E-state index contributed by atoms with van der Waals surface area (Å²) in [6.07, 6.45) is -2.16. The highest BCUT2D eigenvalue weighted by Gasteiger charge is 2.19. The van der Waals surface area contributed by atoms with Crippen molar-refractivity contribution in [1.82, 2.24) is 5.32 Å². The summed E-state index contributed by atoms with van der Waals surface area (Å²) in [4.78, 5) is 11.0. The number of amides is 1. The van der Waals surface area contributed by atoms with E-state index in [9.17, 15) is 20.1 Å². The van der Waals surface area contributed by atoms with E-state index in [2.05, 4.69) is 5.32 Å². The van der Waals surface area contributed by atoms with Crippen LogP contribution in [0.3, 0.4) is 0 Å². The van der Waals surface area contributed by atoms with E-state index in [1.807, 2.05) is 0 Å². The van der Waals surface area contributed by atoms with E-state index in [0.29, 0.717) is 5.56 Å². The summed E-state index contributed by atoms with van der Waals surface area (Å²) >= 11 is 0. The van der Waals surface area contributed by atoms with Gasteiger partial charge in [0.15, 0.2) is 0 Å². The number of nitrogens with one attached hydrogen (secondary N) is 1. The van der Waals surface area contributed by atoms with E-state index in [0.717, 1.165) is 0 Å². The van der Waals surface area contributed by atoms with Crippen LogP contribution in [-0.2, 0) is 0 Å². The molecule has 6 heteroatoms. The Kier molecular flexibility index (Phi) is 4.45. The molecule has 0 aliphatic rings. The van der Waals surface area contributed by atoms with Gasteiger partial charge in [-0.25, -0.2) is 0 Å². The smallest absolute Gasteiger partial charge is 0.252 e. The maximum atomic E-state index is 11.0. The lowest BCUT2D eigenvalue weighted by atomic mass is 10.0. The Labute approximate surface area is 98.7 Å². The first-order chi connectivity index (χ1) is 7.97. The third-order valence-corrected chi connectivity index (χ3v) is 2.41. The topological polar surface area (TPSA) is 116 Å². The molecule has 2 unspecified atom stereocenters. The molecule has 1 amide bonds. The van der Waals surface area contributed by atoms with Gasteiger partial charge in [-0.1, -0.05) is 6.07 Å². The number of carbonyl (C=O) groups excluding carboxylic acids is 1. The Morgan fingerprint density at radius 2 is 2.12 bits per heavy atom. The van der Waals surface area contributed by atoms with Gasteiger partial charge in [-0.15, -0.1) is 0 Å². The van der Waals surface area contributed by atoms with E-state index >= 15 is 0 Å². The highest BCUT2D eigenvalue weighted by atomic mass is 16.3. The van der Waals surface area contributed by atoms with Crippen molar-refractivity contribution in [1.29, 1.82) is 0 Å². The Morgan fingerprint density at radius 1 is 1.47 bits per heavy atom. The SMILES string of the molecule is CNCC(O)C(O)c1ccc(O)c(C(N)=O)c1. The summed E-state index contributed by atoms with van der Waals surface area (Å²) in [5, 5.41) is 31.5. The molecule has 0 saturated heterocycles. The number of aliphatic hydroxyl groups excluding tert-OH is 2. The summed E-state index contributed by atoms with van der Waals surface area (Å²) < 4.78 is 0. The third kappa shape index (κ3) is 3.16. The second-order valence-corrected chi connectivity index (χ2v) is 3.71. The standard InChI is InChI=1S/C11H16N2O4/c1-13-5-9(15)10(16)6-2-3-8(14)7(4-6)11(12)17/h2-4,9-10,13-16H,5H2,1H3,(H2,12,17). The Hall–Kier alpha value is -1.63. The van der Waals surface area contributed by atoms with Crippen LogP contribution >= 0.6 is 0 Å². The van der Waals surface area contributed by atoms with Crippen LogP contribution < -0.4 is 11.1 Å². The first-order valence-corrected chi connectivity index (χ1v) is 5.10. The second kappa shape index (κ2) is 5.62. The van der Waals surface area contributed by atoms with Gasteiger partial charge in [0.25, 0.3) is 5.91 Å². The number of carbonyl (C=O) groups is 1. The number of benzene rings is 1. The molecule has 1 aromatic rings. The number of nitrogens with two attached hydrogens (primary N) is 1. The van der Waals surface area contributed by atoms with E-state index in [4.69, 9.17) is 5.73 Å². The molecular formula is C11H16N2O4. The summed E-state index contributed by atoms with van der Waals surface area (Å²) in [5.74, 6) is -1.05. The van der Waals surface area contributed by atoms with E-state index in [-0.39, 0.29) is 17.9 Å². The Balaban J connectivity index is 2.99. The number of aliphatic hydroxyl groups is 2. The number of phenols is 1. The molecule has 6 nitrogen and oxygen atoms in total. The average Bonchev–Trinajstić information content (AvgIpc) is 2.28. The summed E-state index contributed by atoms with van der Waals surface area (Å²) in [7, 11) is 1.64. The molecule has 0 spiro atoms. The Morgan fingerprint density at radius 3 is 2.65 bits per heavy atom. The molecule has 0 radical (unpaired) electrons. The quantitative estimate of drug-likeness (QED) is 0.457. The predicted molar refractivity (Wildman–Crippen MR) is 61.5 cm³/mol. The molecule has 1 aromatic carbocycles. The van der Waals surface area contributed by atoms with E-state index in [1.54, 1.807) is 7.05 Å². The number of rotatable bonds is 5. The van der Waals surface area contributed by atoms with Gasteiger partial charge < -0.3 is 26.4 Å². The van der Waals surface area contributed by atoms with Crippen molar-refractivity contribution in [3.8, 4) is 5.75 Å². The second-order valence-electron chi connectivity index (χ2n) is 3.71. The molecule has 94 valence electrons. The fourth-order valence-corrected chi connectivity index (χ4v) is 1.48. The van der Waals surface area contributed by atoms with Crippen LogP contribution in [0.1, 0.15) is 22.0 Å². The van der Waals surface area contributed by atoms with Gasteiger partial charge in [0.1, 0.15) is 11.9 Å². The van der Waals surface area contributed by atoms with Crippen LogP contribution in [0.25, 0.3) is 0 Å². The van der Waals surface area contributed by atoms with Gasteiger partial charge in [0.05, 0.1) is 11.7 Å². The van der Waals surface area contributed by atoms with Crippen LogP contribution in [0, 0.1) is 0 Å². The average molecular weight is 240 g/mol. The van der Waals surface area contributed by atoms with Crippen molar-refractivity contribution in [3.05, 3.63) is 29.3 Å². The molecular weight excluding hydrogens is 224 g/mol. The third-order valence-electron chi connectivity index (χ3n) is 2.41. The molecule has 0 saturated carbocycles. The zero-order valence-corrected chi connectivity index (χ0v) is 9.42. The molecule has 0 bridgehead atoms. The van der Waals surface area contributed by atoms with Crippen molar-refractivity contribution in [2.75, 3.05) is 13.6 Å². The normalized spacial score (nSPS) is 14.3. The van der Waals surface area contributed by atoms with E-state index < -0.39 is 18.1 Å². The Bertz CT molecular complexity index is 408. The van der Waals surface area contributed by atoms with Crippen molar-refractivity contribution < 1.29 is 20.1 Å². The lowest BCUT2D eigenvalue weighted by Crippen LogP contribution is -2.29. The fourth-order valence-electron chi connectivity index (χ4n) is 1.48. The molecule has 0 heterocycles. The highest BCUT2D eigenvalue weighted by molar-refractivity contribution is 5.95. The lowest BCUT2D eigenvalue weighted by Gasteiger charge is -2.18. The van der Waals surface area contributed by atoms with Crippen molar-refractivity contribution in [2.24, 2.45) is 5.73 Å². The van der Waals surface area contributed by atoms with Crippen LogP contribution in [0.4, 0.5) is 0 Å². The number of primary amides is 1. The molecule has 0 fully saturated rings. The largest absolute Gasteiger partial charge is 0.507 e. The molecule has 2 atom stereocenters. The number of likely N-dealkylation sites (N-methyl/N-ethyl adjacent to an activating group) is 1. The van der Waals surface area contributed by atoms with Gasteiger partial charge in [-0.05, 0) is 24.7 Å². The summed E-state index contributed by atoms with van der Waals surface area (Å²) in [5.41, 5.74) is 5.30. The maximum Gasteiger partial charge on any atom is 0.252 e. The van der Waals surface area contributed by atoms with Gasteiger partial charge >= 0.3 is 0 Å². The van der Waals surface area contributed by atoms with Gasteiger partial charge in [-0.2, -0.15) is 0 Å². The lowest BCUT2D eigenvalue weighted by molar-refractivity contribution is 0.0202. The number of hydrogen-bond acceptors (Lipinski definition) is 5. The summed E-state index contributed by atoms with van der Waals surface area (Å²) in [6.45, 7) is 0.202. The van der Waals surface area contributed by atoms with Crippen LogP contribution in [0.2, 0.25) is 0 Å². The van der Waals surface area contributed by atoms with Crippen molar-refractivity contribution in [3.63, 3.8) is 0 Å². The predicted octanol–water partition coefficient (Wildman–Crippen LogP) is -0.895. The maximum absolute atomic E-state index is 11.0. The highest BCUT2D eigenvalue weighted by Crippen LogP contribution is 2.23. The molecule has 6 N–H and O–H groups in total. The van der Waals surface area contributed by atoms with Gasteiger partial charge in [-0.3, -0.25) is 4.79 Å². The van der Waals surface area contributed by atoms with Crippen molar-refractivity contribution in [2.45, 2.75) is 12.2 Å². The van der Waals surface area contributed by atoms with Crippen LogP contribution in [0.5, 0.6) is 5.75 Å². The number of hydrogen-bond donors (Lipinski definition) is 5. The minimum Gasteiger partial charge on any atom is -0.507 e. The minimum absolute atomic E-state index is 0.0850. The zero-order chi connectivity index (χ0) is 13.0. The van der Waals surface area contributed by atoms with Crippen LogP contribution in [-0.4, -0.2) is 40.9 Å². The van der Waals surface area contributed by atoms with Gasteiger partial charge in [0.2, 0.25) is 0 Å². The monoisotopic (exact) mass is 240 g/mol.